The zero-order valence-electron chi connectivity index (χ0n) is 6.76. The number of aromatic nitrogens is 1. The van der Waals surface area contributed by atoms with Gasteiger partial charge in [-0.3, -0.25) is 4.79 Å². The van der Waals surface area contributed by atoms with Crippen LogP contribution < -0.4 is 11.3 Å². The molecule has 0 saturated heterocycles. The van der Waals surface area contributed by atoms with Crippen molar-refractivity contribution >= 4 is 11.6 Å². The average Bonchev–Trinajstić information content (AvgIpc) is 2.01. The number of hydrogen-bond acceptors (Lipinski definition) is 3. The van der Waals surface area contributed by atoms with Crippen LogP contribution in [-0.2, 0) is 6.54 Å². The first-order valence-electron chi connectivity index (χ1n) is 3.48. The molecular weight excluding hydrogens is 182 g/mol. The summed E-state index contributed by atoms with van der Waals surface area (Å²) in [6, 6.07) is 0. The molecule has 0 atom stereocenters. The number of halogens is 1. The van der Waals surface area contributed by atoms with Gasteiger partial charge in [0.2, 0.25) is 5.22 Å². The first kappa shape index (κ1) is 9.06. The van der Waals surface area contributed by atoms with Crippen LogP contribution in [-0.4, -0.2) is 4.57 Å². The predicted molar refractivity (Wildman–Crippen MR) is 44.7 cm³/mol. The Balaban J connectivity index is 3.64. The third-order valence-electron chi connectivity index (χ3n) is 1.57. The van der Waals surface area contributed by atoms with Gasteiger partial charge in [0.05, 0.1) is 5.56 Å². The van der Waals surface area contributed by atoms with Crippen molar-refractivity contribution in [2.24, 2.45) is 0 Å². The van der Waals surface area contributed by atoms with E-state index in [1.807, 2.05) is 0 Å². The van der Waals surface area contributed by atoms with E-state index in [9.17, 15) is 9.59 Å². The lowest BCUT2D eigenvalue weighted by Gasteiger charge is -2.00. The van der Waals surface area contributed by atoms with E-state index < -0.39 is 11.3 Å². The molecule has 0 fully saturated rings. The number of rotatable bonds is 1. The lowest BCUT2D eigenvalue weighted by atomic mass is 10.4. The zero-order chi connectivity index (χ0) is 9.30. The van der Waals surface area contributed by atoms with Crippen LogP contribution in [0.4, 0.5) is 0 Å². The summed E-state index contributed by atoms with van der Waals surface area (Å²) < 4.78 is 5.57. The number of nitrogens with zero attached hydrogens (tertiary/aromatic N) is 1. The van der Waals surface area contributed by atoms with Gasteiger partial charge in [-0.15, -0.1) is 0 Å². The second kappa shape index (κ2) is 3.15. The lowest BCUT2D eigenvalue weighted by Crippen LogP contribution is -2.33. The Labute approximate surface area is 73.4 Å². The molecule has 0 aliphatic rings. The standard InChI is InChI=1S/C7H8ClNO3/c1-3-9-6(10)4(2)5(8)12-7(9)11/h3H2,1-2H3. The quantitative estimate of drug-likeness (QED) is 0.656. The van der Waals surface area contributed by atoms with Crippen LogP contribution in [0.5, 0.6) is 0 Å². The summed E-state index contributed by atoms with van der Waals surface area (Å²) in [6.45, 7) is 3.49. The summed E-state index contributed by atoms with van der Waals surface area (Å²) in [7, 11) is 0. The maximum absolute atomic E-state index is 11.3. The zero-order valence-corrected chi connectivity index (χ0v) is 7.51. The van der Waals surface area contributed by atoms with E-state index in [1.54, 1.807) is 6.92 Å². The van der Waals surface area contributed by atoms with Crippen molar-refractivity contribution in [3.05, 3.63) is 31.7 Å². The molecule has 0 aliphatic carbocycles. The fraction of sp³-hybridized carbons (Fsp3) is 0.429. The maximum atomic E-state index is 11.3. The Morgan fingerprint density at radius 1 is 1.50 bits per heavy atom. The van der Waals surface area contributed by atoms with Gasteiger partial charge in [0, 0.05) is 6.54 Å². The fourth-order valence-corrected chi connectivity index (χ4v) is 0.997. The third-order valence-corrected chi connectivity index (χ3v) is 1.93. The Hall–Kier alpha value is -1.03. The van der Waals surface area contributed by atoms with E-state index in [4.69, 9.17) is 11.6 Å². The topological polar surface area (TPSA) is 52.2 Å². The highest BCUT2D eigenvalue weighted by Crippen LogP contribution is 2.06. The first-order chi connectivity index (χ1) is 5.57. The minimum Gasteiger partial charge on any atom is -0.397 e. The van der Waals surface area contributed by atoms with Gasteiger partial charge in [-0.2, -0.15) is 0 Å². The molecule has 0 saturated carbocycles. The Bertz CT molecular complexity index is 404. The van der Waals surface area contributed by atoms with Gasteiger partial charge in [0.25, 0.3) is 5.56 Å². The molecule has 1 aromatic rings. The van der Waals surface area contributed by atoms with E-state index >= 15 is 0 Å². The molecule has 0 unspecified atom stereocenters. The molecule has 0 amide bonds. The van der Waals surface area contributed by atoms with Crippen LogP contribution in [0, 0.1) is 6.92 Å². The van der Waals surface area contributed by atoms with Gasteiger partial charge in [-0.25, -0.2) is 9.36 Å². The van der Waals surface area contributed by atoms with Gasteiger partial charge in [-0.05, 0) is 25.4 Å². The molecule has 0 radical (unpaired) electrons. The minimum atomic E-state index is -0.710. The lowest BCUT2D eigenvalue weighted by molar-refractivity contribution is 0.423. The molecular formula is C7H8ClNO3. The van der Waals surface area contributed by atoms with Gasteiger partial charge in [-0.1, -0.05) is 0 Å². The summed E-state index contributed by atoms with van der Waals surface area (Å²) in [4.78, 5) is 22.2. The van der Waals surface area contributed by atoms with Crippen LogP contribution >= 0.6 is 11.6 Å². The number of hydrogen-bond donors (Lipinski definition) is 0. The van der Waals surface area contributed by atoms with E-state index in [-0.39, 0.29) is 10.8 Å². The van der Waals surface area contributed by atoms with Crippen LogP contribution in [0.15, 0.2) is 14.0 Å². The Morgan fingerprint density at radius 2 is 2.08 bits per heavy atom. The van der Waals surface area contributed by atoms with E-state index in [0.29, 0.717) is 6.54 Å². The molecule has 5 heteroatoms. The van der Waals surface area contributed by atoms with Gasteiger partial charge in [0.1, 0.15) is 0 Å². The van der Waals surface area contributed by atoms with E-state index in [2.05, 4.69) is 4.42 Å². The SMILES string of the molecule is CCn1c(=O)oc(Cl)c(C)c1=O. The van der Waals surface area contributed by atoms with Gasteiger partial charge < -0.3 is 4.42 Å². The second-order valence-electron chi connectivity index (χ2n) is 2.32. The Morgan fingerprint density at radius 3 is 2.58 bits per heavy atom. The molecule has 0 spiro atoms. The molecule has 1 aromatic heterocycles. The molecule has 4 nitrogen and oxygen atoms in total. The van der Waals surface area contributed by atoms with Crippen molar-refractivity contribution in [1.82, 2.24) is 4.57 Å². The van der Waals surface area contributed by atoms with E-state index in [0.717, 1.165) is 4.57 Å². The molecule has 0 aromatic carbocycles. The van der Waals surface area contributed by atoms with Crippen LogP contribution in [0.25, 0.3) is 0 Å². The molecule has 0 N–H and O–H groups in total. The monoisotopic (exact) mass is 189 g/mol. The minimum absolute atomic E-state index is 0.130. The molecule has 1 rings (SSSR count). The Kier molecular flexibility index (Phi) is 2.38. The van der Waals surface area contributed by atoms with Crippen LogP contribution in [0.3, 0.4) is 0 Å². The van der Waals surface area contributed by atoms with Crippen molar-refractivity contribution in [3.8, 4) is 0 Å². The highest BCUT2D eigenvalue weighted by atomic mass is 35.5. The molecule has 0 bridgehead atoms. The molecule has 12 heavy (non-hydrogen) atoms. The van der Waals surface area contributed by atoms with E-state index in [1.165, 1.54) is 6.92 Å². The van der Waals surface area contributed by atoms with Crippen molar-refractivity contribution < 1.29 is 4.42 Å². The third kappa shape index (κ3) is 1.30. The molecule has 1 heterocycles. The molecule has 66 valence electrons. The van der Waals surface area contributed by atoms with Gasteiger partial charge in [0.15, 0.2) is 0 Å². The van der Waals surface area contributed by atoms with Crippen LogP contribution in [0.2, 0.25) is 5.22 Å². The first-order valence-corrected chi connectivity index (χ1v) is 3.85. The summed E-state index contributed by atoms with van der Waals surface area (Å²) in [5.41, 5.74) is -0.128. The highest BCUT2D eigenvalue weighted by molar-refractivity contribution is 6.29. The summed E-state index contributed by atoms with van der Waals surface area (Å²) in [5, 5.41) is -0.130. The summed E-state index contributed by atoms with van der Waals surface area (Å²) in [5.74, 6) is -0.710. The second-order valence-corrected chi connectivity index (χ2v) is 2.66. The highest BCUT2D eigenvalue weighted by Gasteiger charge is 2.08. The maximum Gasteiger partial charge on any atom is 0.423 e. The smallest absolute Gasteiger partial charge is 0.397 e. The van der Waals surface area contributed by atoms with Crippen molar-refractivity contribution in [2.75, 3.05) is 0 Å². The largest absolute Gasteiger partial charge is 0.423 e. The normalized spacial score (nSPS) is 10.2. The fourth-order valence-electron chi connectivity index (χ4n) is 0.850. The van der Waals surface area contributed by atoms with Gasteiger partial charge >= 0.3 is 5.76 Å². The van der Waals surface area contributed by atoms with Crippen molar-refractivity contribution in [2.45, 2.75) is 20.4 Å². The summed E-state index contributed by atoms with van der Waals surface area (Å²) in [6.07, 6.45) is 0. The van der Waals surface area contributed by atoms with Crippen molar-refractivity contribution in [3.63, 3.8) is 0 Å². The average molecular weight is 190 g/mol. The predicted octanol–water partition coefficient (Wildman–Crippen LogP) is 0.783. The van der Waals surface area contributed by atoms with Crippen molar-refractivity contribution in [1.29, 1.82) is 0 Å². The van der Waals surface area contributed by atoms with Crippen LogP contribution in [0.1, 0.15) is 12.5 Å². The molecule has 0 aliphatic heterocycles. The summed E-state index contributed by atoms with van der Waals surface area (Å²) >= 11 is 5.47.